The van der Waals surface area contributed by atoms with Crippen LogP contribution in [0.1, 0.15) is 6.92 Å². The Morgan fingerprint density at radius 2 is 2.26 bits per heavy atom. The van der Waals surface area contributed by atoms with Crippen molar-refractivity contribution in [3.8, 4) is 0 Å². The summed E-state index contributed by atoms with van der Waals surface area (Å²) in [4.78, 5) is 16.6. The summed E-state index contributed by atoms with van der Waals surface area (Å²) in [6, 6.07) is 0. The minimum Gasteiger partial charge on any atom is -0.610 e. The van der Waals surface area contributed by atoms with Gasteiger partial charge in [0.15, 0.2) is 5.65 Å². The fourth-order valence-corrected chi connectivity index (χ4v) is 3.89. The van der Waals surface area contributed by atoms with Gasteiger partial charge in [-0.25, -0.2) is 4.68 Å². The number of aryl methyl sites for hydroxylation is 2. The first-order valence-corrected chi connectivity index (χ1v) is 8.10. The minimum atomic E-state index is -1.11. The van der Waals surface area contributed by atoms with Crippen LogP contribution in [0.2, 0.25) is 0 Å². The summed E-state index contributed by atoms with van der Waals surface area (Å²) >= 11 is 0.245. The van der Waals surface area contributed by atoms with Crippen LogP contribution in [0.5, 0.6) is 0 Å². The Hall–Kier alpha value is -1.38. The Balaban J connectivity index is 2.45. The Labute approximate surface area is 115 Å². The van der Waals surface area contributed by atoms with Gasteiger partial charge in [0.05, 0.1) is 10.9 Å². The number of hydrogen-bond donors (Lipinski definition) is 0. The SMILES string of the molecule is CCn1ncc2c3sc([S+](C)[O-])nc3n(C)c2c1=O. The lowest BCUT2D eigenvalue weighted by Gasteiger charge is -2.01. The molecule has 8 heteroatoms. The van der Waals surface area contributed by atoms with Crippen LogP contribution >= 0.6 is 11.3 Å². The second-order valence-corrected chi connectivity index (χ2v) is 6.73. The van der Waals surface area contributed by atoms with E-state index in [9.17, 15) is 9.35 Å². The first-order chi connectivity index (χ1) is 9.04. The molecule has 0 aromatic carbocycles. The predicted octanol–water partition coefficient (Wildman–Crippen LogP) is 1.10. The molecule has 1 unspecified atom stereocenters. The van der Waals surface area contributed by atoms with Gasteiger partial charge in [0.1, 0.15) is 11.8 Å². The van der Waals surface area contributed by atoms with Crippen LogP contribution in [0.25, 0.3) is 21.3 Å². The van der Waals surface area contributed by atoms with Gasteiger partial charge < -0.3 is 9.12 Å². The lowest BCUT2D eigenvalue weighted by atomic mass is 10.3. The van der Waals surface area contributed by atoms with Gasteiger partial charge >= 0.3 is 4.34 Å². The molecule has 0 saturated carbocycles. The van der Waals surface area contributed by atoms with Crippen LogP contribution in [0.15, 0.2) is 15.3 Å². The van der Waals surface area contributed by atoms with E-state index in [1.54, 1.807) is 24.1 Å². The summed E-state index contributed by atoms with van der Waals surface area (Å²) in [7, 11) is 1.80. The second kappa shape index (κ2) is 4.32. The summed E-state index contributed by atoms with van der Waals surface area (Å²) in [6.45, 7) is 2.41. The van der Waals surface area contributed by atoms with E-state index in [-0.39, 0.29) is 5.56 Å². The van der Waals surface area contributed by atoms with Gasteiger partial charge in [-0.3, -0.25) is 4.79 Å². The first kappa shape index (κ1) is 12.6. The molecule has 3 rings (SSSR count). The summed E-state index contributed by atoms with van der Waals surface area (Å²) in [6.07, 6.45) is 3.28. The van der Waals surface area contributed by atoms with Crippen LogP contribution in [0.3, 0.4) is 0 Å². The average molecular weight is 296 g/mol. The van der Waals surface area contributed by atoms with Crippen molar-refractivity contribution < 1.29 is 4.55 Å². The maximum atomic E-state index is 12.3. The third-order valence-corrected chi connectivity index (χ3v) is 5.46. The van der Waals surface area contributed by atoms with E-state index in [0.29, 0.717) is 22.0 Å². The van der Waals surface area contributed by atoms with Crippen molar-refractivity contribution in [1.82, 2.24) is 19.3 Å². The van der Waals surface area contributed by atoms with Gasteiger partial charge in [0, 0.05) is 30.2 Å². The molecule has 0 amide bonds. The third kappa shape index (κ3) is 1.71. The lowest BCUT2D eigenvalue weighted by Crippen LogP contribution is -2.23. The summed E-state index contributed by atoms with van der Waals surface area (Å²) < 4.78 is 16.1. The molecule has 0 aliphatic heterocycles. The summed E-state index contributed by atoms with van der Waals surface area (Å²) in [5.41, 5.74) is 1.17. The minimum absolute atomic E-state index is 0.119. The standard InChI is InChI=1S/C11H12N4O2S2/c1-4-15-10(16)7-6(5-12-15)8-9(14(7)2)13-11(18-8)19(3)17/h5H,4H2,1-3H3. The van der Waals surface area contributed by atoms with E-state index in [2.05, 4.69) is 10.1 Å². The van der Waals surface area contributed by atoms with Crippen molar-refractivity contribution in [2.75, 3.05) is 6.26 Å². The van der Waals surface area contributed by atoms with Gasteiger partial charge in [-0.2, -0.15) is 10.1 Å². The molecule has 19 heavy (non-hydrogen) atoms. The van der Waals surface area contributed by atoms with E-state index in [0.717, 1.165) is 10.1 Å². The highest BCUT2D eigenvalue weighted by molar-refractivity contribution is 7.92. The van der Waals surface area contributed by atoms with Crippen LogP contribution in [0, 0.1) is 0 Å². The maximum absolute atomic E-state index is 12.3. The number of hydrogen-bond acceptors (Lipinski definition) is 5. The predicted molar refractivity (Wildman–Crippen MR) is 76.2 cm³/mol. The molecular weight excluding hydrogens is 284 g/mol. The highest BCUT2D eigenvalue weighted by Gasteiger charge is 2.21. The molecule has 0 aliphatic carbocycles. The highest BCUT2D eigenvalue weighted by Crippen LogP contribution is 2.32. The Morgan fingerprint density at radius 1 is 1.53 bits per heavy atom. The third-order valence-electron chi connectivity index (χ3n) is 3.05. The van der Waals surface area contributed by atoms with Crippen molar-refractivity contribution in [3.63, 3.8) is 0 Å². The van der Waals surface area contributed by atoms with E-state index < -0.39 is 11.2 Å². The van der Waals surface area contributed by atoms with Crippen LogP contribution in [0.4, 0.5) is 0 Å². The Morgan fingerprint density at radius 3 is 2.89 bits per heavy atom. The molecule has 0 spiro atoms. The second-order valence-electron chi connectivity index (χ2n) is 4.17. The largest absolute Gasteiger partial charge is 0.610 e. The van der Waals surface area contributed by atoms with Gasteiger partial charge in [0.25, 0.3) is 5.56 Å². The van der Waals surface area contributed by atoms with Crippen LogP contribution in [-0.4, -0.2) is 30.1 Å². The molecule has 3 aromatic rings. The number of fused-ring (bicyclic) bond motifs is 3. The molecule has 0 saturated heterocycles. The summed E-state index contributed by atoms with van der Waals surface area (Å²) in [5.74, 6) is 0. The molecular formula is C11H12N4O2S2. The molecule has 3 heterocycles. The normalized spacial score (nSPS) is 13.5. The summed E-state index contributed by atoms with van der Waals surface area (Å²) in [5, 5.41) is 4.92. The van der Waals surface area contributed by atoms with Crippen molar-refractivity contribution >= 4 is 43.8 Å². The lowest BCUT2D eigenvalue weighted by molar-refractivity contribution is 0.600. The molecule has 100 valence electrons. The molecule has 3 aromatic heterocycles. The highest BCUT2D eigenvalue weighted by atomic mass is 32.2. The van der Waals surface area contributed by atoms with Crippen molar-refractivity contribution in [3.05, 3.63) is 16.6 Å². The van der Waals surface area contributed by atoms with Gasteiger partial charge in [-0.05, 0) is 6.92 Å². The molecule has 6 nitrogen and oxygen atoms in total. The van der Waals surface area contributed by atoms with E-state index in [1.807, 2.05) is 6.92 Å². The zero-order chi connectivity index (χ0) is 13.7. The molecule has 0 aliphatic rings. The van der Waals surface area contributed by atoms with Gasteiger partial charge in [0.2, 0.25) is 0 Å². The van der Waals surface area contributed by atoms with Crippen molar-refractivity contribution in [2.45, 2.75) is 17.8 Å². The van der Waals surface area contributed by atoms with Crippen LogP contribution < -0.4 is 5.56 Å². The quantitative estimate of drug-likeness (QED) is 0.664. The number of rotatable bonds is 2. The zero-order valence-corrected chi connectivity index (χ0v) is 12.3. The molecule has 0 N–H and O–H groups in total. The molecule has 0 bridgehead atoms. The monoisotopic (exact) mass is 296 g/mol. The smallest absolute Gasteiger partial charge is 0.303 e. The maximum Gasteiger partial charge on any atom is 0.303 e. The van der Waals surface area contributed by atoms with Gasteiger partial charge in [-0.15, -0.1) is 0 Å². The number of nitrogens with zero attached hydrogens (tertiary/aromatic N) is 4. The number of aromatic nitrogens is 4. The fourth-order valence-electron chi connectivity index (χ4n) is 2.12. The fraction of sp³-hybridized carbons (Fsp3) is 0.364. The van der Waals surface area contributed by atoms with E-state index in [4.69, 9.17) is 0 Å². The average Bonchev–Trinajstić information content (AvgIpc) is 2.91. The number of thiazole rings is 1. The molecule has 1 atom stereocenters. The van der Waals surface area contributed by atoms with Crippen molar-refractivity contribution in [2.24, 2.45) is 7.05 Å². The zero-order valence-electron chi connectivity index (χ0n) is 10.7. The Kier molecular flexibility index (Phi) is 2.88. The molecule has 0 fully saturated rings. The first-order valence-electron chi connectivity index (χ1n) is 5.73. The Bertz CT molecular complexity index is 831. The van der Waals surface area contributed by atoms with E-state index >= 15 is 0 Å². The molecule has 0 radical (unpaired) electrons. The van der Waals surface area contributed by atoms with Crippen LogP contribution in [-0.2, 0) is 24.8 Å². The van der Waals surface area contributed by atoms with Gasteiger partial charge in [-0.1, -0.05) is 11.3 Å². The van der Waals surface area contributed by atoms with Crippen molar-refractivity contribution in [1.29, 1.82) is 0 Å². The van der Waals surface area contributed by atoms with E-state index in [1.165, 1.54) is 16.0 Å². The topological polar surface area (TPSA) is 75.8 Å².